The molecule has 0 spiro atoms. The fourth-order valence-electron chi connectivity index (χ4n) is 3.32. The summed E-state index contributed by atoms with van der Waals surface area (Å²) in [6, 6.07) is 9.68. The van der Waals surface area contributed by atoms with E-state index in [1.54, 1.807) is 0 Å². The van der Waals surface area contributed by atoms with E-state index in [1.165, 1.54) is 30.5 Å². The highest BCUT2D eigenvalue weighted by Gasteiger charge is 2.28. The molecule has 2 heteroatoms. The van der Waals surface area contributed by atoms with Crippen LogP contribution >= 0.6 is 0 Å². The summed E-state index contributed by atoms with van der Waals surface area (Å²) < 4.78 is 0. The second-order valence-electron chi connectivity index (χ2n) is 6.59. The maximum atomic E-state index is 5.73. The summed E-state index contributed by atoms with van der Waals surface area (Å²) in [5.41, 5.74) is 8.43. The Hall–Kier alpha value is -1.02. The van der Waals surface area contributed by atoms with Crippen LogP contribution in [-0.4, -0.2) is 19.1 Å². The predicted octanol–water partition coefficient (Wildman–Crippen LogP) is 3.97. The fraction of sp³-hybridized carbons (Fsp3) is 0.667. The zero-order valence-corrected chi connectivity index (χ0v) is 13.3. The SMILES string of the molecule is Cc1ccc(N(CCCN)C2CCC(C)C(C)C2)cc1. The van der Waals surface area contributed by atoms with Crippen LogP contribution in [0.4, 0.5) is 5.69 Å². The van der Waals surface area contributed by atoms with Gasteiger partial charge in [-0.3, -0.25) is 0 Å². The molecule has 3 atom stereocenters. The van der Waals surface area contributed by atoms with E-state index in [0.29, 0.717) is 6.04 Å². The van der Waals surface area contributed by atoms with E-state index < -0.39 is 0 Å². The second kappa shape index (κ2) is 7.12. The Morgan fingerprint density at radius 3 is 2.40 bits per heavy atom. The summed E-state index contributed by atoms with van der Waals surface area (Å²) in [6.07, 6.45) is 5.08. The molecule has 1 aliphatic rings. The van der Waals surface area contributed by atoms with Crippen molar-refractivity contribution in [3.05, 3.63) is 29.8 Å². The van der Waals surface area contributed by atoms with Gasteiger partial charge in [0.15, 0.2) is 0 Å². The number of aryl methyl sites for hydroxylation is 1. The molecule has 20 heavy (non-hydrogen) atoms. The predicted molar refractivity (Wildman–Crippen MR) is 88.2 cm³/mol. The third-order valence-corrected chi connectivity index (χ3v) is 4.98. The summed E-state index contributed by atoms with van der Waals surface area (Å²) in [4.78, 5) is 2.61. The van der Waals surface area contributed by atoms with Crippen LogP contribution in [0.15, 0.2) is 24.3 Å². The second-order valence-corrected chi connectivity index (χ2v) is 6.59. The minimum absolute atomic E-state index is 0.690. The topological polar surface area (TPSA) is 29.3 Å². The highest BCUT2D eigenvalue weighted by molar-refractivity contribution is 5.48. The number of nitrogens with two attached hydrogens (primary N) is 1. The Kier molecular flexibility index (Phi) is 5.47. The zero-order valence-electron chi connectivity index (χ0n) is 13.3. The largest absolute Gasteiger partial charge is 0.368 e. The Balaban J connectivity index is 2.12. The molecular weight excluding hydrogens is 244 g/mol. The Bertz CT molecular complexity index is 398. The third kappa shape index (κ3) is 3.76. The minimum Gasteiger partial charge on any atom is -0.368 e. The van der Waals surface area contributed by atoms with Gasteiger partial charge in [0.1, 0.15) is 0 Å². The van der Waals surface area contributed by atoms with Gasteiger partial charge in [-0.25, -0.2) is 0 Å². The van der Waals surface area contributed by atoms with Gasteiger partial charge in [0.25, 0.3) is 0 Å². The molecule has 1 aliphatic carbocycles. The van der Waals surface area contributed by atoms with E-state index in [9.17, 15) is 0 Å². The summed E-state index contributed by atoms with van der Waals surface area (Å²) in [5.74, 6) is 1.71. The lowest BCUT2D eigenvalue weighted by Gasteiger charge is -2.40. The maximum Gasteiger partial charge on any atom is 0.0368 e. The molecular formula is C18H30N2. The first-order valence-corrected chi connectivity index (χ1v) is 8.15. The Morgan fingerprint density at radius 2 is 1.80 bits per heavy atom. The lowest BCUT2D eigenvalue weighted by molar-refractivity contribution is 0.243. The number of anilines is 1. The molecule has 2 N–H and O–H groups in total. The van der Waals surface area contributed by atoms with Gasteiger partial charge in [-0.2, -0.15) is 0 Å². The first kappa shape index (κ1) is 15.4. The molecule has 0 radical (unpaired) electrons. The van der Waals surface area contributed by atoms with Crippen LogP contribution in [0.2, 0.25) is 0 Å². The van der Waals surface area contributed by atoms with Crippen LogP contribution in [-0.2, 0) is 0 Å². The van der Waals surface area contributed by atoms with E-state index in [0.717, 1.165) is 31.3 Å². The van der Waals surface area contributed by atoms with Gasteiger partial charge in [-0.15, -0.1) is 0 Å². The molecule has 0 heterocycles. The van der Waals surface area contributed by atoms with Gasteiger partial charge in [0, 0.05) is 18.3 Å². The molecule has 1 aromatic rings. The molecule has 1 fully saturated rings. The molecule has 0 saturated heterocycles. The summed E-state index contributed by atoms with van der Waals surface area (Å²) in [5, 5.41) is 0. The fourth-order valence-corrected chi connectivity index (χ4v) is 3.32. The van der Waals surface area contributed by atoms with Gasteiger partial charge < -0.3 is 10.6 Å². The molecule has 0 bridgehead atoms. The quantitative estimate of drug-likeness (QED) is 0.880. The average Bonchev–Trinajstić information content (AvgIpc) is 2.45. The van der Waals surface area contributed by atoms with Crippen molar-refractivity contribution in [1.82, 2.24) is 0 Å². The van der Waals surface area contributed by atoms with Gasteiger partial charge in [-0.05, 0) is 63.1 Å². The third-order valence-electron chi connectivity index (χ3n) is 4.98. The van der Waals surface area contributed by atoms with Crippen LogP contribution in [0, 0.1) is 18.8 Å². The van der Waals surface area contributed by atoms with Gasteiger partial charge in [-0.1, -0.05) is 31.5 Å². The van der Waals surface area contributed by atoms with E-state index >= 15 is 0 Å². The molecule has 112 valence electrons. The highest BCUT2D eigenvalue weighted by Crippen LogP contribution is 2.34. The van der Waals surface area contributed by atoms with Crippen molar-refractivity contribution < 1.29 is 0 Å². The standard InChI is InChI=1S/C18H30N2/c1-14-5-8-17(9-6-14)20(12-4-11-19)18-10-7-15(2)16(3)13-18/h5-6,8-9,15-16,18H,4,7,10-13,19H2,1-3H3. The van der Waals surface area contributed by atoms with Crippen molar-refractivity contribution in [3.8, 4) is 0 Å². The Morgan fingerprint density at radius 1 is 1.10 bits per heavy atom. The van der Waals surface area contributed by atoms with Gasteiger partial charge in [0.2, 0.25) is 0 Å². The highest BCUT2D eigenvalue weighted by atomic mass is 15.2. The minimum atomic E-state index is 0.690. The normalized spacial score (nSPS) is 26.5. The van der Waals surface area contributed by atoms with Crippen molar-refractivity contribution in [2.75, 3.05) is 18.0 Å². The number of benzene rings is 1. The average molecular weight is 274 g/mol. The lowest BCUT2D eigenvalue weighted by Crippen LogP contribution is -2.41. The monoisotopic (exact) mass is 274 g/mol. The van der Waals surface area contributed by atoms with Crippen molar-refractivity contribution in [1.29, 1.82) is 0 Å². The van der Waals surface area contributed by atoms with Crippen LogP contribution < -0.4 is 10.6 Å². The summed E-state index contributed by atoms with van der Waals surface area (Å²) in [6.45, 7) is 8.83. The van der Waals surface area contributed by atoms with E-state index in [-0.39, 0.29) is 0 Å². The van der Waals surface area contributed by atoms with Crippen LogP contribution in [0.1, 0.15) is 45.1 Å². The van der Waals surface area contributed by atoms with Gasteiger partial charge in [0.05, 0.1) is 0 Å². The van der Waals surface area contributed by atoms with Crippen LogP contribution in [0.25, 0.3) is 0 Å². The smallest absolute Gasteiger partial charge is 0.0368 e. The van der Waals surface area contributed by atoms with Crippen molar-refractivity contribution in [2.45, 2.75) is 52.5 Å². The number of nitrogens with zero attached hydrogens (tertiary/aromatic N) is 1. The van der Waals surface area contributed by atoms with Crippen molar-refractivity contribution in [3.63, 3.8) is 0 Å². The molecule has 2 rings (SSSR count). The molecule has 1 aromatic carbocycles. The first-order chi connectivity index (χ1) is 9.61. The lowest BCUT2D eigenvalue weighted by atomic mass is 9.78. The number of rotatable bonds is 5. The van der Waals surface area contributed by atoms with E-state index in [1.807, 2.05) is 0 Å². The van der Waals surface area contributed by atoms with E-state index in [2.05, 4.69) is 49.9 Å². The maximum absolute atomic E-state index is 5.73. The van der Waals surface area contributed by atoms with Crippen LogP contribution in [0.3, 0.4) is 0 Å². The molecule has 0 aromatic heterocycles. The first-order valence-electron chi connectivity index (χ1n) is 8.15. The number of hydrogen-bond donors (Lipinski definition) is 1. The summed E-state index contributed by atoms with van der Waals surface area (Å²) >= 11 is 0. The van der Waals surface area contributed by atoms with E-state index in [4.69, 9.17) is 5.73 Å². The molecule has 2 nitrogen and oxygen atoms in total. The van der Waals surface area contributed by atoms with Gasteiger partial charge >= 0.3 is 0 Å². The zero-order chi connectivity index (χ0) is 14.5. The number of hydrogen-bond acceptors (Lipinski definition) is 2. The molecule has 3 unspecified atom stereocenters. The molecule has 0 amide bonds. The molecule has 0 aliphatic heterocycles. The van der Waals surface area contributed by atoms with Crippen LogP contribution in [0.5, 0.6) is 0 Å². The van der Waals surface area contributed by atoms with Crippen molar-refractivity contribution >= 4 is 5.69 Å². The summed E-state index contributed by atoms with van der Waals surface area (Å²) in [7, 11) is 0. The Labute approximate surface area is 124 Å². The van der Waals surface area contributed by atoms with Crippen molar-refractivity contribution in [2.24, 2.45) is 17.6 Å². The molecule has 1 saturated carbocycles.